The summed E-state index contributed by atoms with van der Waals surface area (Å²) in [5.74, 6) is -3.18. The highest BCUT2D eigenvalue weighted by Gasteiger charge is 2.43. The zero-order valence-electron chi connectivity index (χ0n) is 42.2. The first-order valence-corrected chi connectivity index (χ1v) is 27.4. The first-order valence-electron chi connectivity index (χ1n) is 23.6. The monoisotopic (exact) mass is 941 g/mol. The molecule has 0 saturated carbocycles. The van der Waals surface area contributed by atoms with Crippen molar-refractivity contribution in [3.8, 4) is 12.3 Å². The highest BCUT2D eigenvalue weighted by Crippen LogP contribution is 2.25. The molecule has 4 amide bonds. The van der Waals surface area contributed by atoms with Crippen LogP contribution in [0.15, 0.2) is 30.3 Å². The Hall–Kier alpha value is -4.91. The van der Waals surface area contributed by atoms with E-state index in [0.29, 0.717) is 37.7 Å². The molecule has 1 aliphatic rings. The Labute approximate surface area is 395 Å². The summed E-state index contributed by atoms with van der Waals surface area (Å²) in [6, 6.07) is 5.48. The van der Waals surface area contributed by atoms with E-state index in [1.54, 1.807) is 79.7 Å². The lowest BCUT2D eigenvalue weighted by Gasteiger charge is -2.35. The van der Waals surface area contributed by atoms with Crippen molar-refractivity contribution < 1.29 is 52.5 Å². The highest BCUT2D eigenvalue weighted by atomic mass is 28.3. The standard InChI is InChI=1S/C50H80N4O11Si/c1-16-18-20-27-38(35(8)46(58)62-29-30-66(13,14)15)63-47(59)41(34(7)17-2)51-43(55)37-26-23-28-54(37)44(56)39(31-36-24-21-19-22-25-36)64-48(60)42(33(5)6)53(12)45(57)40(32(3)4)52-49(61)65-50(9,10)11/h1,19,21-22,24-25,32-35,37-42H,17-18,20,23,26-31H2,2-15H3,(H,51,55)(H,52,61)/t34-,35+,37+,38-,39+,40+,41+,42+/m1/s1. The van der Waals surface area contributed by atoms with Gasteiger partial charge in [0, 0.05) is 34.5 Å². The Kier molecular flexibility index (Phi) is 22.9. The zero-order valence-corrected chi connectivity index (χ0v) is 43.2. The van der Waals surface area contributed by atoms with Crippen LogP contribution in [0.1, 0.15) is 113 Å². The van der Waals surface area contributed by atoms with Crippen LogP contribution in [0.25, 0.3) is 0 Å². The summed E-state index contributed by atoms with van der Waals surface area (Å²) in [7, 11) is -0.0187. The van der Waals surface area contributed by atoms with Crippen molar-refractivity contribution >= 4 is 49.8 Å². The topological polar surface area (TPSA) is 187 Å². The second-order valence-electron chi connectivity index (χ2n) is 20.5. The van der Waals surface area contributed by atoms with Gasteiger partial charge in [-0.1, -0.05) is 97.9 Å². The molecule has 8 atom stereocenters. The van der Waals surface area contributed by atoms with Gasteiger partial charge < -0.3 is 39.4 Å². The Morgan fingerprint density at radius 3 is 2.08 bits per heavy atom. The fraction of sp³-hybridized carbons (Fsp3) is 0.700. The minimum absolute atomic E-state index is 0.0187. The molecule has 0 radical (unpaired) electrons. The summed E-state index contributed by atoms with van der Waals surface area (Å²) in [5.41, 5.74) is -0.112. The van der Waals surface area contributed by atoms with E-state index >= 15 is 0 Å². The molecular weight excluding hydrogens is 861 g/mol. The summed E-state index contributed by atoms with van der Waals surface area (Å²) in [6.07, 6.45) is 4.97. The van der Waals surface area contributed by atoms with Crippen molar-refractivity contribution in [2.75, 3.05) is 20.2 Å². The van der Waals surface area contributed by atoms with E-state index in [9.17, 15) is 33.6 Å². The Morgan fingerprint density at radius 1 is 0.894 bits per heavy atom. The number of carbonyl (C=O) groups is 7. The second-order valence-corrected chi connectivity index (χ2v) is 26.1. The number of amides is 4. The van der Waals surface area contributed by atoms with Gasteiger partial charge in [0.05, 0.1) is 12.5 Å². The minimum Gasteiger partial charge on any atom is -0.466 e. The summed E-state index contributed by atoms with van der Waals surface area (Å²) in [5, 5.41) is 5.52. The molecule has 0 aliphatic carbocycles. The number of terminal acetylenes is 1. The van der Waals surface area contributed by atoms with Crippen LogP contribution in [0.2, 0.25) is 25.7 Å². The van der Waals surface area contributed by atoms with E-state index in [2.05, 4.69) is 36.2 Å². The molecule has 1 aliphatic heterocycles. The highest BCUT2D eigenvalue weighted by molar-refractivity contribution is 6.76. The van der Waals surface area contributed by atoms with Crippen LogP contribution in [-0.4, -0.2) is 122 Å². The number of esters is 3. The van der Waals surface area contributed by atoms with Crippen molar-refractivity contribution in [1.82, 2.24) is 20.4 Å². The van der Waals surface area contributed by atoms with E-state index in [-0.39, 0.29) is 37.8 Å². The third-order valence-corrected chi connectivity index (χ3v) is 13.5. The van der Waals surface area contributed by atoms with Crippen molar-refractivity contribution in [3.05, 3.63) is 35.9 Å². The van der Waals surface area contributed by atoms with E-state index in [1.807, 2.05) is 19.9 Å². The molecule has 66 heavy (non-hydrogen) atoms. The second kappa shape index (κ2) is 26.4. The molecule has 1 heterocycles. The van der Waals surface area contributed by atoms with Crippen molar-refractivity contribution in [1.29, 1.82) is 0 Å². The Bertz CT molecular complexity index is 1820. The number of hydrogen-bond acceptors (Lipinski definition) is 11. The average Bonchev–Trinajstić information content (AvgIpc) is 3.72. The van der Waals surface area contributed by atoms with E-state index in [4.69, 9.17) is 25.4 Å². The van der Waals surface area contributed by atoms with Crippen LogP contribution in [0, 0.1) is 36.0 Å². The number of rotatable bonds is 24. The van der Waals surface area contributed by atoms with Crippen molar-refractivity contribution in [2.45, 2.75) is 182 Å². The molecule has 0 unspecified atom stereocenters. The smallest absolute Gasteiger partial charge is 0.408 e. The summed E-state index contributed by atoms with van der Waals surface area (Å²) < 4.78 is 23.1. The Balaban J connectivity index is 2.40. The van der Waals surface area contributed by atoms with Gasteiger partial charge >= 0.3 is 24.0 Å². The molecular formula is C50H80N4O11Si. The molecule has 1 fully saturated rings. The van der Waals surface area contributed by atoms with Gasteiger partial charge in [-0.25, -0.2) is 14.4 Å². The van der Waals surface area contributed by atoms with E-state index < -0.39 is 104 Å². The van der Waals surface area contributed by atoms with Crippen LogP contribution in [0.5, 0.6) is 0 Å². The predicted molar refractivity (Wildman–Crippen MR) is 256 cm³/mol. The number of nitrogens with zero attached hydrogens (tertiary/aromatic N) is 2. The molecule has 15 nitrogen and oxygen atoms in total. The fourth-order valence-electron chi connectivity index (χ4n) is 7.59. The first-order chi connectivity index (χ1) is 30.7. The fourth-order valence-corrected chi connectivity index (χ4v) is 8.30. The summed E-state index contributed by atoms with van der Waals surface area (Å²) in [6.45, 7) is 24.5. The quantitative estimate of drug-likeness (QED) is 0.0360. The van der Waals surface area contributed by atoms with Crippen LogP contribution >= 0.6 is 0 Å². The Morgan fingerprint density at radius 2 is 1.53 bits per heavy atom. The molecule has 1 aromatic carbocycles. The number of likely N-dealkylation sites (N-methyl/N-ethyl adjacent to an activating group) is 1. The number of hydrogen-bond donors (Lipinski definition) is 2. The third-order valence-electron chi connectivity index (χ3n) is 11.7. The number of benzene rings is 1. The first kappa shape index (κ1) is 57.2. The maximum absolute atomic E-state index is 14.7. The van der Waals surface area contributed by atoms with Gasteiger partial charge in [-0.3, -0.25) is 19.2 Å². The predicted octanol–water partition coefficient (Wildman–Crippen LogP) is 6.93. The van der Waals surface area contributed by atoms with Gasteiger partial charge in [0.1, 0.15) is 35.9 Å². The van der Waals surface area contributed by atoms with Gasteiger partial charge in [0.15, 0.2) is 6.10 Å². The van der Waals surface area contributed by atoms with Gasteiger partial charge in [0.25, 0.3) is 5.91 Å². The number of likely N-dealkylation sites (tertiary alicyclic amines) is 1. The van der Waals surface area contributed by atoms with Crippen molar-refractivity contribution in [2.24, 2.45) is 23.7 Å². The van der Waals surface area contributed by atoms with E-state index in [1.165, 1.54) is 16.8 Å². The molecule has 1 aromatic rings. The van der Waals surface area contributed by atoms with E-state index in [0.717, 1.165) is 6.04 Å². The maximum Gasteiger partial charge on any atom is 0.408 e. The number of carbonyl (C=O) groups excluding carboxylic acids is 7. The summed E-state index contributed by atoms with van der Waals surface area (Å²) >= 11 is 0. The molecule has 2 N–H and O–H groups in total. The van der Waals surface area contributed by atoms with Crippen LogP contribution in [0.4, 0.5) is 4.79 Å². The molecule has 0 spiro atoms. The maximum atomic E-state index is 14.7. The zero-order chi connectivity index (χ0) is 50.1. The van der Waals surface area contributed by atoms with Crippen LogP contribution in [0.3, 0.4) is 0 Å². The van der Waals surface area contributed by atoms with Crippen LogP contribution in [-0.2, 0) is 54.1 Å². The largest absolute Gasteiger partial charge is 0.466 e. The lowest BCUT2D eigenvalue weighted by Crippen LogP contribution is -2.57. The van der Waals surface area contributed by atoms with Gasteiger partial charge in [-0.05, 0) is 82.7 Å². The molecule has 370 valence electrons. The minimum atomic E-state index is -1.47. The van der Waals surface area contributed by atoms with Gasteiger partial charge in [-0.2, -0.15) is 0 Å². The van der Waals surface area contributed by atoms with Crippen molar-refractivity contribution in [3.63, 3.8) is 0 Å². The third kappa shape index (κ3) is 18.4. The average molecular weight is 941 g/mol. The summed E-state index contributed by atoms with van der Waals surface area (Å²) in [4.78, 5) is 99.8. The molecule has 0 bridgehead atoms. The molecule has 16 heteroatoms. The SMILES string of the molecule is C#CCCC[C@@H](OC(=O)[C@@H](NC(=O)[C@@H]1CCCN1C(=O)[C@H](Cc1ccccc1)OC(=O)[C@H](C(C)C)N(C)C(=O)[C@@H](NC(=O)OC(C)(C)C)C(C)C)[C@H](C)CC)[C@H](C)C(=O)OCC[Si](C)(C)C. The lowest BCUT2D eigenvalue weighted by atomic mass is 9.96. The molecule has 2 rings (SSSR count). The normalized spacial score (nSPS) is 17.3. The molecule has 1 saturated heterocycles. The number of nitrogens with one attached hydrogen (secondary N) is 2. The number of unbranched alkanes of at least 4 members (excludes halogenated alkanes) is 1. The van der Waals surface area contributed by atoms with Crippen LogP contribution < -0.4 is 10.6 Å². The number of ether oxygens (including phenoxy) is 4. The number of alkyl carbamates (subject to hydrolysis) is 1. The van der Waals surface area contributed by atoms with Gasteiger partial charge in [-0.15, -0.1) is 12.3 Å². The van der Waals surface area contributed by atoms with Gasteiger partial charge in [0.2, 0.25) is 11.8 Å². The lowest BCUT2D eigenvalue weighted by molar-refractivity contribution is -0.169. The molecule has 0 aromatic heterocycles.